The zero-order valence-electron chi connectivity index (χ0n) is 14.0. The van der Waals surface area contributed by atoms with Crippen molar-refractivity contribution in [3.8, 4) is 11.5 Å². The first-order valence-corrected chi connectivity index (χ1v) is 8.70. The molecule has 0 fully saturated rings. The first-order valence-electron chi connectivity index (χ1n) is 7.90. The average Bonchev–Trinajstić information content (AvgIpc) is 2.95. The van der Waals surface area contributed by atoms with Crippen molar-refractivity contribution in [2.45, 2.75) is 19.4 Å². The van der Waals surface area contributed by atoms with Crippen molar-refractivity contribution in [2.75, 3.05) is 18.6 Å². The Morgan fingerprint density at radius 2 is 2.08 bits per heavy atom. The molecule has 0 aromatic heterocycles. The van der Waals surface area contributed by atoms with Crippen molar-refractivity contribution in [1.29, 1.82) is 0 Å². The van der Waals surface area contributed by atoms with E-state index in [4.69, 9.17) is 9.47 Å². The number of carbonyl (C=O) groups is 2. The van der Waals surface area contributed by atoms with E-state index in [1.807, 2.05) is 31.2 Å². The van der Waals surface area contributed by atoms with E-state index in [0.29, 0.717) is 21.5 Å². The predicted molar refractivity (Wildman–Crippen MR) is 98.7 cm³/mol. The van der Waals surface area contributed by atoms with E-state index in [1.54, 1.807) is 17.0 Å². The van der Waals surface area contributed by atoms with Crippen LogP contribution in [0.1, 0.15) is 22.8 Å². The van der Waals surface area contributed by atoms with Gasteiger partial charge in [0.05, 0.1) is 7.11 Å². The van der Waals surface area contributed by atoms with Crippen LogP contribution < -0.4 is 14.4 Å². The first-order chi connectivity index (χ1) is 12.0. The minimum absolute atomic E-state index is 0.0887. The molecule has 0 bridgehead atoms. The minimum Gasteiger partial charge on any atom is -0.493 e. The van der Waals surface area contributed by atoms with Crippen LogP contribution in [0, 0.1) is 0 Å². The van der Waals surface area contributed by atoms with Crippen molar-refractivity contribution in [2.24, 2.45) is 0 Å². The van der Waals surface area contributed by atoms with Crippen molar-refractivity contribution in [3.05, 3.63) is 52.0 Å². The molecule has 2 aromatic rings. The van der Waals surface area contributed by atoms with Gasteiger partial charge in [-0.15, -0.1) is 0 Å². The quantitative estimate of drug-likeness (QED) is 0.715. The van der Waals surface area contributed by atoms with Crippen molar-refractivity contribution in [1.82, 2.24) is 0 Å². The molecule has 0 saturated heterocycles. The van der Waals surface area contributed by atoms with Crippen LogP contribution in [0.2, 0.25) is 0 Å². The van der Waals surface area contributed by atoms with Crippen LogP contribution >= 0.6 is 15.9 Å². The largest absolute Gasteiger partial charge is 0.493 e. The number of hydrogen-bond donors (Lipinski definition) is 0. The lowest BCUT2D eigenvalue weighted by molar-refractivity contribution is -0.120. The number of aldehydes is 1. The van der Waals surface area contributed by atoms with Gasteiger partial charge >= 0.3 is 0 Å². The van der Waals surface area contributed by atoms with Gasteiger partial charge in [-0.3, -0.25) is 9.59 Å². The van der Waals surface area contributed by atoms with Crippen LogP contribution in [-0.4, -0.2) is 32.0 Å². The lowest BCUT2D eigenvalue weighted by Crippen LogP contribution is -2.39. The second-order valence-electron chi connectivity index (χ2n) is 5.88. The summed E-state index contributed by atoms with van der Waals surface area (Å²) in [7, 11) is 1.51. The van der Waals surface area contributed by atoms with Crippen LogP contribution in [0.25, 0.3) is 0 Å². The molecule has 0 N–H and O–H groups in total. The van der Waals surface area contributed by atoms with Crippen molar-refractivity contribution in [3.63, 3.8) is 0 Å². The number of nitrogens with zero attached hydrogens (tertiary/aromatic N) is 1. The Labute approximate surface area is 154 Å². The van der Waals surface area contributed by atoms with E-state index >= 15 is 0 Å². The summed E-state index contributed by atoms with van der Waals surface area (Å²) in [4.78, 5) is 25.6. The monoisotopic (exact) mass is 403 g/mol. The Hall–Kier alpha value is -2.34. The Morgan fingerprint density at radius 3 is 2.80 bits per heavy atom. The number of carbonyl (C=O) groups excluding carboxylic acids is 2. The van der Waals surface area contributed by atoms with Crippen molar-refractivity contribution < 1.29 is 19.1 Å². The Morgan fingerprint density at radius 1 is 1.32 bits per heavy atom. The van der Waals surface area contributed by atoms with Gasteiger partial charge in [-0.2, -0.15) is 0 Å². The molecule has 25 heavy (non-hydrogen) atoms. The minimum atomic E-state index is -0.130. The van der Waals surface area contributed by atoms with Crippen LogP contribution in [0.15, 0.2) is 40.9 Å². The van der Waals surface area contributed by atoms with Gasteiger partial charge in [0.15, 0.2) is 24.4 Å². The first kappa shape index (κ1) is 17.5. The highest BCUT2D eigenvalue weighted by Gasteiger charge is 2.30. The standard InChI is InChI=1S/C19H18BrNO4/c1-12-7-13-5-3-4-6-16(13)21(12)19(23)11-25-18-8-14(10-22)15(20)9-17(18)24-2/h3-6,8-10,12H,7,11H2,1-2H3/t12-/m0/s1. The van der Waals surface area contributed by atoms with Gasteiger partial charge in [-0.25, -0.2) is 0 Å². The highest BCUT2D eigenvalue weighted by Crippen LogP contribution is 2.34. The fourth-order valence-corrected chi connectivity index (χ4v) is 3.48. The van der Waals surface area contributed by atoms with Crippen LogP contribution in [0.5, 0.6) is 11.5 Å². The summed E-state index contributed by atoms with van der Waals surface area (Å²) in [6.45, 7) is 1.89. The molecule has 0 radical (unpaired) electrons. The Balaban J connectivity index is 1.78. The molecule has 1 amide bonds. The Kier molecular flexibility index (Phi) is 5.08. The zero-order valence-corrected chi connectivity index (χ0v) is 15.6. The summed E-state index contributed by atoms with van der Waals surface area (Å²) in [6, 6.07) is 11.2. The van der Waals surface area contributed by atoms with Gasteiger partial charge in [-0.1, -0.05) is 18.2 Å². The summed E-state index contributed by atoms with van der Waals surface area (Å²) in [5.41, 5.74) is 2.52. The summed E-state index contributed by atoms with van der Waals surface area (Å²) >= 11 is 3.30. The fraction of sp³-hybridized carbons (Fsp3) is 0.263. The number of benzene rings is 2. The van der Waals surface area contributed by atoms with Gasteiger partial charge in [0, 0.05) is 21.8 Å². The molecule has 1 atom stereocenters. The molecule has 0 aliphatic carbocycles. The molecule has 5 nitrogen and oxygen atoms in total. The summed E-state index contributed by atoms with van der Waals surface area (Å²) in [5.74, 6) is 0.691. The number of methoxy groups -OCH3 is 1. The normalized spacial score (nSPS) is 15.6. The fourth-order valence-electron chi connectivity index (χ4n) is 3.07. The molecule has 0 spiro atoms. The molecule has 6 heteroatoms. The lowest BCUT2D eigenvalue weighted by atomic mass is 10.1. The molecular formula is C19H18BrNO4. The zero-order chi connectivity index (χ0) is 18.0. The molecule has 1 aliphatic rings. The highest BCUT2D eigenvalue weighted by molar-refractivity contribution is 9.10. The van der Waals surface area contributed by atoms with Crippen molar-refractivity contribution >= 4 is 33.8 Å². The van der Waals surface area contributed by atoms with Gasteiger partial charge < -0.3 is 14.4 Å². The number of fused-ring (bicyclic) bond motifs is 1. The third kappa shape index (κ3) is 3.39. The molecule has 1 heterocycles. The van der Waals surface area contributed by atoms with Crippen LogP contribution in [0.4, 0.5) is 5.69 Å². The predicted octanol–water partition coefficient (Wildman–Crippen LogP) is 3.63. The second kappa shape index (κ2) is 7.27. The maximum atomic E-state index is 12.7. The maximum absolute atomic E-state index is 12.7. The number of rotatable bonds is 5. The van der Waals surface area contributed by atoms with E-state index in [0.717, 1.165) is 24.0 Å². The summed E-state index contributed by atoms with van der Waals surface area (Å²) in [5, 5.41) is 0. The second-order valence-corrected chi connectivity index (χ2v) is 6.73. The molecule has 130 valence electrons. The van der Waals surface area contributed by atoms with E-state index < -0.39 is 0 Å². The molecular weight excluding hydrogens is 386 g/mol. The van der Waals surface area contributed by atoms with Gasteiger partial charge in [0.25, 0.3) is 5.91 Å². The van der Waals surface area contributed by atoms with Gasteiger partial charge in [-0.05, 0) is 53.0 Å². The van der Waals surface area contributed by atoms with E-state index in [2.05, 4.69) is 15.9 Å². The maximum Gasteiger partial charge on any atom is 0.265 e. The number of anilines is 1. The third-order valence-corrected chi connectivity index (χ3v) is 4.92. The average molecular weight is 404 g/mol. The SMILES string of the molecule is COc1cc(Br)c(C=O)cc1OCC(=O)N1c2ccccc2C[C@@H]1C. The van der Waals surface area contributed by atoms with Gasteiger partial charge in [0.2, 0.25) is 0 Å². The number of halogens is 1. The number of ether oxygens (including phenoxy) is 2. The summed E-state index contributed by atoms with van der Waals surface area (Å²) < 4.78 is 11.5. The lowest BCUT2D eigenvalue weighted by Gasteiger charge is -2.23. The molecule has 0 unspecified atom stereocenters. The number of amides is 1. The van der Waals surface area contributed by atoms with E-state index in [9.17, 15) is 9.59 Å². The van der Waals surface area contributed by atoms with E-state index in [1.165, 1.54) is 7.11 Å². The Bertz CT molecular complexity index is 821. The smallest absolute Gasteiger partial charge is 0.265 e. The topological polar surface area (TPSA) is 55.8 Å². The van der Waals surface area contributed by atoms with E-state index in [-0.39, 0.29) is 18.6 Å². The molecule has 1 aliphatic heterocycles. The van der Waals surface area contributed by atoms with Gasteiger partial charge in [0.1, 0.15) is 0 Å². The summed E-state index contributed by atoms with van der Waals surface area (Å²) in [6.07, 6.45) is 1.55. The number of hydrogen-bond acceptors (Lipinski definition) is 4. The molecule has 3 rings (SSSR count). The van der Waals surface area contributed by atoms with Crippen LogP contribution in [-0.2, 0) is 11.2 Å². The third-order valence-electron chi connectivity index (χ3n) is 4.24. The van der Waals surface area contributed by atoms with Crippen LogP contribution in [0.3, 0.4) is 0 Å². The molecule has 0 saturated carbocycles. The molecule has 2 aromatic carbocycles. The number of para-hydroxylation sites is 1. The highest BCUT2D eigenvalue weighted by atomic mass is 79.9.